The Morgan fingerprint density at radius 3 is 2.57 bits per heavy atom. The zero-order chi connectivity index (χ0) is 16.5. The van der Waals surface area contributed by atoms with E-state index in [4.69, 9.17) is 0 Å². The average Bonchev–Trinajstić information content (AvgIpc) is 2.91. The van der Waals surface area contributed by atoms with Crippen molar-refractivity contribution in [1.82, 2.24) is 9.21 Å². The summed E-state index contributed by atoms with van der Waals surface area (Å²) in [7, 11) is -3.16. The molecule has 2 heterocycles. The zero-order valence-corrected chi connectivity index (χ0v) is 14.5. The first-order valence-electron chi connectivity index (χ1n) is 8.43. The molecule has 0 amide bonds. The van der Waals surface area contributed by atoms with Crippen LogP contribution in [0.5, 0.6) is 0 Å². The number of hydrogen-bond donors (Lipinski definition) is 0. The number of halogens is 1. The molecule has 2 fully saturated rings. The van der Waals surface area contributed by atoms with Crippen LogP contribution in [-0.2, 0) is 16.6 Å². The van der Waals surface area contributed by atoms with Crippen LogP contribution in [0, 0.1) is 5.82 Å². The van der Waals surface area contributed by atoms with Crippen molar-refractivity contribution in [1.29, 1.82) is 0 Å². The number of sulfonamides is 1. The lowest BCUT2D eigenvalue weighted by atomic mass is 9.87. The van der Waals surface area contributed by atoms with Crippen molar-refractivity contribution >= 4 is 10.0 Å². The molecule has 0 saturated carbocycles. The fourth-order valence-corrected chi connectivity index (χ4v) is 5.24. The summed E-state index contributed by atoms with van der Waals surface area (Å²) in [5.74, 6) is -0.0282. The fourth-order valence-electron chi connectivity index (χ4n) is 4.03. The van der Waals surface area contributed by atoms with E-state index in [-0.39, 0.29) is 17.1 Å². The predicted molar refractivity (Wildman–Crippen MR) is 89.0 cm³/mol. The number of hydrogen-bond acceptors (Lipinski definition) is 3. The second-order valence-electron chi connectivity index (χ2n) is 6.68. The van der Waals surface area contributed by atoms with Crippen LogP contribution in [0.4, 0.5) is 4.39 Å². The van der Waals surface area contributed by atoms with Crippen LogP contribution in [-0.4, -0.2) is 48.5 Å². The molecule has 23 heavy (non-hydrogen) atoms. The van der Waals surface area contributed by atoms with E-state index < -0.39 is 10.0 Å². The summed E-state index contributed by atoms with van der Waals surface area (Å²) in [6.07, 6.45) is 3.93. The first kappa shape index (κ1) is 16.9. The molecule has 2 aliphatic heterocycles. The van der Waals surface area contributed by atoms with E-state index in [0.29, 0.717) is 25.2 Å². The number of piperidine rings is 1. The van der Waals surface area contributed by atoms with Crippen molar-refractivity contribution in [2.24, 2.45) is 0 Å². The smallest absolute Gasteiger partial charge is 0.213 e. The van der Waals surface area contributed by atoms with Crippen LogP contribution >= 0.6 is 0 Å². The number of likely N-dealkylation sites (tertiary alicyclic amines) is 1. The van der Waals surface area contributed by atoms with E-state index >= 15 is 0 Å². The van der Waals surface area contributed by atoms with Gasteiger partial charge in [-0.2, -0.15) is 0 Å². The molecule has 0 N–H and O–H groups in total. The first-order valence-corrected chi connectivity index (χ1v) is 10.0. The van der Waals surface area contributed by atoms with Crippen molar-refractivity contribution in [2.75, 3.05) is 25.4 Å². The third kappa shape index (κ3) is 3.30. The van der Waals surface area contributed by atoms with Gasteiger partial charge in [0.05, 0.1) is 5.75 Å². The maximum Gasteiger partial charge on any atom is 0.213 e. The van der Waals surface area contributed by atoms with Crippen molar-refractivity contribution in [3.63, 3.8) is 0 Å². The topological polar surface area (TPSA) is 40.6 Å². The van der Waals surface area contributed by atoms with E-state index in [1.165, 1.54) is 6.07 Å². The van der Waals surface area contributed by atoms with Crippen LogP contribution in [0.15, 0.2) is 24.3 Å². The fraction of sp³-hybridized carbons (Fsp3) is 0.647. The summed E-state index contributed by atoms with van der Waals surface area (Å²) in [4.78, 5) is 2.31. The van der Waals surface area contributed by atoms with E-state index in [9.17, 15) is 12.8 Å². The summed E-state index contributed by atoms with van der Waals surface area (Å²) in [6, 6.07) is 6.88. The highest BCUT2D eigenvalue weighted by atomic mass is 32.2. The highest BCUT2D eigenvalue weighted by molar-refractivity contribution is 7.89. The van der Waals surface area contributed by atoms with Crippen molar-refractivity contribution < 1.29 is 12.8 Å². The largest absolute Gasteiger partial charge is 0.292 e. The van der Waals surface area contributed by atoms with Crippen LogP contribution in [0.2, 0.25) is 0 Å². The van der Waals surface area contributed by atoms with Gasteiger partial charge in [0.25, 0.3) is 0 Å². The molecule has 0 radical (unpaired) electrons. The van der Waals surface area contributed by atoms with E-state index in [2.05, 4.69) is 4.90 Å². The molecule has 0 unspecified atom stereocenters. The minimum Gasteiger partial charge on any atom is -0.292 e. The SMILES string of the molecule is CCS(=O)(=O)N1CCC[C@]2(CCCN2Cc2ccccc2F)C1. The average molecular weight is 340 g/mol. The lowest BCUT2D eigenvalue weighted by Gasteiger charge is -2.45. The zero-order valence-electron chi connectivity index (χ0n) is 13.7. The maximum atomic E-state index is 14.0. The molecule has 6 heteroatoms. The molecular weight excluding hydrogens is 315 g/mol. The Morgan fingerprint density at radius 1 is 1.17 bits per heavy atom. The van der Waals surface area contributed by atoms with E-state index in [1.54, 1.807) is 17.3 Å². The normalized spacial score (nSPS) is 26.9. The van der Waals surface area contributed by atoms with Gasteiger partial charge in [0.15, 0.2) is 0 Å². The Kier molecular flexibility index (Phi) is 4.76. The summed E-state index contributed by atoms with van der Waals surface area (Å²) < 4.78 is 40.2. The molecule has 1 aromatic rings. The summed E-state index contributed by atoms with van der Waals surface area (Å²) in [5, 5.41) is 0. The van der Waals surface area contributed by atoms with Crippen molar-refractivity contribution in [3.8, 4) is 0 Å². The molecule has 2 saturated heterocycles. The Balaban J connectivity index is 1.81. The molecule has 0 aromatic heterocycles. The summed E-state index contributed by atoms with van der Waals surface area (Å²) in [5.41, 5.74) is 0.576. The Morgan fingerprint density at radius 2 is 1.87 bits per heavy atom. The minimum absolute atomic E-state index is 0.122. The molecule has 1 aromatic carbocycles. The monoisotopic (exact) mass is 340 g/mol. The van der Waals surface area contributed by atoms with Gasteiger partial charge >= 0.3 is 0 Å². The van der Waals surface area contributed by atoms with Gasteiger partial charge in [0, 0.05) is 30.7 Å². The van der Waals surface area contributed by atoms with E-state index in [1.807, 2.05) is 12.1 Å². The number of rotatable bonds is 4. The first-order chi connectivity index (χ1) is 11.0. The Hall–Kier alpha value is -0.980. The van der Waals surface area contributed by atoms with Gasteiger partial charge < -0.3 is 0 Å². The minimum atomic E-state index is -3.16. The summed E-state index contributed by atoms with van der Waals surface area (Å²) in [6.45, 7) is 4.34. The highest BCUT2D eigenvalue weighted by Crippen LogP contribution is 2.39. The third-order valence-electron chi connectivity index (χ3n) is 5.34. The van der Waals surface area contributed by atoms with Crippen LogP contribution in [0.25, 0.3) is 0 Å². The maximum absolute atomic E-state index is 14.0. The second kappa shape index (κ2) is 6.49. The predicted octanol–water partition coefficient (Wildman–Crippen LogP) is 2.61. The van der Waals surface area contributed by atoms with Gasteiger partial charge in [-0.15, -0.1) is 0 Å². The lowest BCUT2D eigenvalue weighted by Crippen LogP contribution is -2.56. The van der Waals surface area contributed by atoms with Crippen LogP contribution < -0.4 is 0 Å². The van der Waals surface area contributed by atoms with Gasteiger partial charge in [-0.1, -0.05) is 18.2 Å². The van der Waals surface area contributed by atoms with Gasteiger partial charge in [-0.05, 0) is 45.2 Å². The second-order valence-corrected chi connectivity index (χ2v) is 8.94. The quantitative estimate of drug-likeness (QED) is 0.846. The third-order valence-corrected chi connectivity index (χ3v) is 7.17. The van der Waals surface area contributed by atoms with Gasteiger partial charge in [0.2, 0.25) is 10.0 Å². The molecule has 2 aliphatic rings. The molecule has 1 atom stereocenters. The van der Waals surface area contributed by atoms with Gasteiger partial charge in [-0.25, -0.2) is 17.1 Å². The molecule has 3 rings (SSSR count). The summed E-state index contributed by atoms with van der Waals surface area (Å²) >= 11 is 0. The molecular formula is C17H25FN2O2S. The lowest BCUT2D eigenvalue weighted by molar-refractivity contribution is 0.0671. The molecule has 0 aliphatic carbocycles. The molecule has 0 bridgehead atoms. The highest BCUT2D eigenvalue weighted by Gasteiger charge is 2.45. The number of nitrogens with zero attached hydrogens (tertiary/aromatic N) is 2. The Bertz CT molecular complexity index is 664. The molecule has 1 spiro atoms. The molecule has 128 valence electrons. The van der Waals surface area contributed by atoms with Gasteiger partial charge in [-0.3, -0.25) is 4.90 Å². The standard InChI is InChI=1S/C17H25FN2O2S/c1-2-23(21,22)20-12-6-10-17(14-20)9-5-11-19(17)13-15-7-3-4-8-16(15)18/h3-4,7-8H,2,5-6,9-14H2,1H3/t17-/m1/s1. The van der Waals surface area contributed by atoms with Gasteiger partial charge in [0.1, 0.15) is 5.82 Å². The Labute approximate surface area is 138 Å². The molecule has 4 nitrogen and oxygen atoms in total. The van der Waals surface area contributed by atoms with Crippen molar-refractivity contribution in [2.45, 2.75) is 44.7 Å². The van der Waals surface area contributed by atoms with Crippen LogP contribution in [0.3, 0.4) is 0 Å². The van der Waals surface area contributed by atoms with Crippen LogP contribution in [0.1, 0.15) is 38.2 Å². The van der Waals surface area contributed by atoms with Crippen molar-refractivity contribution in [3.05, 3.63) is 35.6 Å². The number of benzene rings is 1. The van der Waals surface area contributed by atoms with E-state index in [0.717, 1.165) is 32.2 Å².